The Hall–Kier alpha value is -1.81. The third-order valence-corrected chi connectivity index (χ3v) is 4.65. The fraction of sp³-hybridized carbons (Fsp3) is 0.471. The maximum atomic E-state index is 12.9. The van der Waals surface area contributed by atoms with E-state index in [4.69, 9.17) is 0 Å². The van der Waals surface area contributed by atoms with Crippen molar-refractivity contribution in [2.75, 3.05) is 13.2 Å². The number of nitrogens with zero attached hydrogens (tertiary/aromatic N) is 1. The highest BCUT2D eigenvalue weighted by atomic mass is 16.3. The first kappa shape index (κ1) is 14.1. The molecule has 2 aromatic rings. The first-order valence-corrected chi connectivity index (χ1v) is 7.70. The van der Waals surface area contributed by atoms with E-state index in [2.05, 4.69) is 11.9 Å². The van der Waals surface area contributed by atoms with Crippen LogP contribution in [0.15, 0.2) is 30.5 Å². The van der Waals surface area contributed by atoms with Crippen LogP contribution < -0.4 is 0 Å². The summed E-state index contributed by atoms with van der Waals surface area (Å²) in [6.07, 6.45) is 5.58. The summed E-state index contributed by atoms with van der Waals surface area (Å²) in [7, 11) is 0. The molecule has 0 bridgehead atoms. The molecule has 4 nitrogen and oxygen atoms in total. The lowest BCUT2D eigenvalue weighted by atomic mass is 9.91. The number of likely N-dealkylation sites (tertiary alicyclic amines) is 1. The van der Waals surface area contributed by atoms with Crippen LogP contribution in [-0.4, -0.2) is 39.6 Å². The molecule has 2 heterocycles. The summed E-state index contributed by atoms with van der Waals surface area (Å²) in [4.78, 5) is 17.9. The van der Waals surface area contributed by atoms with Crippen molar-refractivity contribution < 1.29 is 9.90 Å². The van der Waals surface area contributed by atoms with Gasteiger partial charge in [-0.05, 0) is 43.5 Å². The van der Waals surface area contributed by atoms with Crippen molar-refractivity contribution in [3.05, 3.63) is 36.0 Å². The molecule has 1 aromatic carbocycles. The fourth-order valence-electron chi connectivity index (χ4n) is 3.57. The molecule has 1 atom stereocenters. The Morgan fingerprint density at radius 2 is 2.29 bits per heavy atom. The molecule has 1 aromatic heterocycles. The molecule has 21 heavy (non-hydrogen) atoms. The number of carbonyl (C=O) groups excluding carboxylic acids is 1. The summed E-state index contributed by atoms with van der Waals surface area (Å²) in [5.74, 6) is 0.0399. The molecule has 1 unspecified atom stereocenters. The normalized spacial score (nSPS) is 22.1. The second-order valence-electron chi connectivity index (χ2n) is 5.97. The van der Waals surface area contributed by atoms with Gasteiger partial charge in [-0.3, -0.25) is 4.79 Å². The molecule has 1 saturated heterocycles. The van der Waals surface area contributed by atoms with Crippen molar-refractivity contribution >= 4 is 16.8 Å². The van der Waals surface area contributed by atoms with Gasteiger partial charge in [0.1, 0.15) is 0 Å². The van der Waals surface area contributed by atoms with Crippen LogP contribution in [0, 0.1) is 0 Å². The highest BCUT2D eigenvalue weighted by molar-refractivity contribution is 5.98. The van der Waals surface area contributed by atoms with Crippen LogP contribution in [0.4, 0.5) is 0 Å². The first-order valence-electron chi connectivity index (χ1n) is 7.70. The van der Waals surface area contributed by atoms with Crippen molar-refractivity contribution in [3.63, 3.8) is 0 Å². The number of hydrogen-bond acceptors (Lipinski definition) is 2. The van der Waals surface area contributed by atoms with Crippen molar-refractivity contribution in [1.82, 2.24) is 9.88 Å². The summed E-state index contributed by atoms with van der Waals surface area (Å²) in [5.41, 5.74) is 1.38. The van der Waals surface area contributed by atoms with E-state index in [0.29, 0.717) is 5.56 Å². The molecule has 0 aliphatic carbocycles. The topological polar surface area (TPSA) is 56.3 Å². The molecule has 4 heteroatoms. The van der Waals surface area contributed by atoms with Gasteiger partial charge in [-0.1, -0.05) is 13.3 Å². The third-order valence-electron chi connectivity index (χ3n) is 4.65. The van der Waals surface area contributed by atoms with E-state index in [1.807, 2.05) is 35.4 Å². The van der Waals surface area contributed by atoms with Gasteiger partial charge in [-0.2, -0.15) is 0 Å². The smallest absolute Gasteiger partial charge is 0.254 e. The van der Waals surface area contributed by atoms with E-state index in [0.717, 1.165) is 43.1 Å². The number of fused-ring (bicyclic) bond motifs is 1. The molecule has 1 amide bonds. The average molecular weight is 286 g/mol. The van der Waals surface area contributed by atoms with Gasteiger partial charge in [-0.25, -0.2) is 0 Å². The largest absolute Gasteiger partial charge is 0.394 e. The molecule has 1 aliphatic rings. The monoisotopic (exact) mass is 286 g/mol. The molecule has 0 radical (unpaired) electrons. The van der Waals surface area contributed by atoms with Gasteiger partial charge in [0.15, 0.2) is 0 Å². The molecule has 0 spiro atoms. The number of amides is 1. The zero-order valence-corrected chi connectivity index (χ0v) is 12.4. The summed E-state index contributed by atoms with van der Waals surface area (Å²) in [5, 5.41) is 10.9. The van der Waals surface area contributed by atoms with Gasteiger partial charge in [0.25, 0.3) is 5.91 Å². The maximum Gasteiger partial charge on any atom is 0.254 e. The minimum atomic E-state index is -0.362. The van der Waals surface area contributed by atoms with Gasteiger partial charge in [0.2, 0.25) is 0 Å². The molecule has 112 valence electrons. The van der Waals surface area contributed by atoms with Crippen LogP contribution in [0.1, 0.15) is 43.0 Å². The second kappa shape index (κ2) is 5.53. The molecule has 2 N–H and O–H groups in total. The van der Waals surface area contributed by atoms with Crippen molar-refractivity contribution in [1.29, 1.82) is 0 Å². The van der Waals surface area contributed by atoms with Gasteiger partial charge in [0.05, 0.1) is 12.1 Å². The first-order chi connectivity index (χ1) is 10.2. The van der Waals surface area contributed by atoms with E-state index in [9.17, 15) is 9.90 Å². The Morgan fingerprint density at radius 3 is 3.05 bits per heavy atom. The van der Waals surface area contributed by atoms with Crippen LogP contribution in [0.5, 0.6) is 0 Å². The predicted octanol–water partition coefficient (Wildman–Crippen LogP) is 2.94. The number of aromatic nitrogens is 1. The lowest BCUT2D eigenvalue weighted by molar-refractivity contribution is 0.0377. The molecular formula is C17H22N2O2. The van der Waals surface area contributed by atoms with E-state index in [-0.39, 0.29) is 18.1 Å². The fourth-order valence-corrected chi connectivity index (χ4v) is 3.57. The Labute approximate surface area is 124 Å². The minimum Gasteiger partial charge on any atom is -0.394 e. The van der Waals surface area contributed by atoms with Crippen molar-refractivity contribution in [2.24, 2.45) is 0 Å². The second-order valence-corrected chi connectivity index (χ2v) is 5.97. The number of benzene rings is 1. The molecule has 1 aliphatic heterocycles. The molecule has 0 saturated carbocycles. The van der Waals surface area contributed by atoms with Gasteiger partial charge in [0, 0.05) is 29.2 Å². The van der Waals surface area contributed by atoms with Crippen LogP contribution in [0.3, 0.4) is 0 Å². The molecule has 1 fully saturated rings. The minimum absolute atomic E-state index is 0.0399. The highest BCUT2D eigenvalue weighted by Gasteiger charge is 2.42. The summed E-state index contributed by atoms with van der Waals surface area (Å²) < 4.78 is 0. The van der Waals surface area contributed by atoms with Crippen molar-refractivity contribution in [2.45, 2.75) is 38.1 Å². The van der Waals surface area contributed by atoms with Gasteiger partial charge >= 0.3 is 0 Å². The van der Waals surface area contributed by atoms with E-state index in [1.54, 1.807) is 0 Å². The van der Waals surface area contributed by atoms with Gasteiger partial charge in [-0.15, -0.1) is 0 Å². The third kappa shape index (κ3) is 2.33. The summed E-state index contributed by atoms with van der Waals surface area (Å²) in [6.45, 7) is 2.90. The Morgan fingerprint density at radius 1 is 1.43 bits per heavy atom. The molecule has 3 rings (SSSR count). The van der Waals surface area contributed by atoms with Gasteiger partial charge < -0.3 is 15.0 Å². The van der Waals surface area contributed by atoms with Crippen LogP contribution in [0.25, 0.3) is 10.9 Å². The summed E-state index contributed by atoms with van der Waals surface area (Å²) >= 11 is 0. The average Bonchev–Trinajstić information content (AvgIpc) is 3.12. The predicted molar refractivity (Wildman–Crippen MR) is 83.3 cm³/mol. The number of carbonyl (C=O) groups is 1. The van der Waals surface area contributed by atoms with Crippen LogP contribution in [0.2, 0.25) is 0 Å². The van der Waals surface area contributed by atoms with Crippen LogP contribution >= 0.6 is 0 Å². The van der Waals surface area contributed by atoms with E-state index < -0.39 is 0 Å². The molecular weight excluding hydrogens is 264 g/mol. The number of aliphatic hydroxyl groups is 1. The maximum absolute atomic E-state index is 12.9. The SMILES string of the molecule is CCCC1(CO)CCCN1C(=O)c1ccc2[nH]ccc2c1. The number of nitrogens with one attached hydrogen (secondary N) is 1. The quantitative estimate of drug-likeness (QED) is 0.908. The summed E-state index contributed by atoms with van der Waals surface area (Å²) in [6, 6.07) is 7.72. The zero-order valence-electron chi connectivity index (χ0n) is 12.4. The van der Waals surface area contributed by atoms with E-state index in [1.165, 1.54) is 0 Å². The zero-order chi connectivity index (χ0) is 14.9. The number of aliphatic hydroxyl groups excluding tert-OH is 1. The Balaban J connectivity index is 1.92. The standard InChI is InChI=1S/C17H22N2O2/c1-2-7-17(12-20)8-3-10-19(17)16(21)14-4-5-15-13(11-14)6-9-18-15/h4-6,9,11,18,20H,2-3,7-8,10,12H2,1H3. The Bertz CT molecular complexity index is 649. The van der Waals surface area contributed by atoms with Crippen LogP contribution in [-0.2, 0) is 0 Å². The number of aromatic amines is 1. The number of rotatable bonds is 4. The Kier molecular flexibility index (Phi) is 3.72. The lowest BCUT2D eigenvalue weighted by Crippen LogP contribution is -2.50. The van der Waals surface area contributed by atoms with Crippen molar-refractivity contribution in [3.8, 4) is 0 Å². The lowest BCUT2D eigenvalue weighted by Gasteiger charge is -2.37. The number of hydrogen-bond donors (Lipinski definition) is 2. The number of H-pyrrole nitrogens is 1. The van der Waals surface area contributed by atoms with E-state index >= 15 is 0 Å². The highest BCUT2D eigenvalue weighted by Crippen LogP contribution is 2.34.